The van der Waals surface area contributed by atoms with Crippen LogP contribution in [0.4, 0.5) is 5.69 Å². The molecular weight excluding hydrogens is 262 g/mol. The summed E-state index contributed by atoms with van der Waals surface area (Å²) in [4.78, 5) is 17.1. The van der Waals surface area contributed by atoms with Gasteiger partial charge in [-0.1, -0.05) is 18.2 Å². The number of para-hydroxylation sites is 1. The number of aryl methyl sites for hydroxylation is 1. The standard InChI is InChI=1S/C17H23N3O/c21-17(12-19-10-14-8-18-9-15(14)11-19)20-7-3-5-13-4-1-2-6-16(13)20/h1-2,4,6,14-15,18H,3,5,7-12H2/t14-,15+. The molecule has 0 saturated carbocycles. The van der Waals surface area contributed by atoms with Gasteiger partial charge in [-0.2, -0.15) is 0 Å². The Kier molecular flexibility index (Phi) is 3.43. The third kappa shape index (κ3) is 2.47. The molecule has 2 saturated heterocycles. The predicted octanol–water partition coefficient (Wildman–Crippen LogP) is 1.12. The highest BCUT2D eigenvalue weighted by Crippen LogP contribution is 2.29. The molecular formula is C17H23N3O. The van der Waals surface area contributed by atoms with Crippen LogP contribution in [-0.2, 0) is 11.2 Å². The van der Waals surface area contributed by atoms with E-state index in [4.69, 9.17) is 0 Å². The first-order valence-electron chi connectivity index (χ1n) is 8.12. The molecule has 0 unspecified atom stereocenters. The summed E-state index contributed by atoms with van der Waals surface area (Å²) in [6, 6.07) is 8.35. The van der Waals surface area contributed by atoms with E-state index in [1.165, 1.54) is 5.56 Å². The molecule has 4 rings (SSSR count). The number of fused-ring (bicyclic) bond motifs is 2. The summed E-state index contributed by atoms with van der Waals surface area (Å²) in [6.07, 6.45) is 2.18. The second kappa shape index (κ2) is 5.43. The minimum Gasteiger partial charge on any atom is -0.316 e. The highest BCUT2D eigenvalue weighted by molar-refractivity contribution is 5.96. The van der Waals surface area contributed by atoms with Crippen molar-refractivity contribution in [2.75, 3.05) is 44.2 Å². The predicted molar refractivity (Wildman–Crippen MR) is 83.4 cm³/mol. The maximum absolute atomic E-state index is 12.7. The zero-order valence-electron chi connectivity index (χ0n) is 12.4. The number of rotatable bonds is 2. The van der Waals surface area contributed by atoms with Crippen LogP contribution in [0.2, 0.25) is 0 Å². The Morgan fingerprint density at radius 3 is 2.76 bits per heavy atom. The Morgan fingerprint density at radius 1 is 1.19 bits per heavy atom. The van der Waals surface area contributed by atoms with Gasteiger partial charge < -0.3 is 10.2 Å². The summed E-state index contributed by atoms with van der Waals surface area (Å²) in [6.45, 7) is 5.88. The molecule has 4 heteroatoms. The van der Waals surface area contributed by atoms with Crippen LogP contribution in [-0.4, -0.2) is 50.1 Å². The lowest BCUT2D eigenvalue weighted by Gasteiger charge is -2.31. The molecule has 3 aliphatic heterocycles. The second-order valence-electron chi connectivity index (χ2n) is 6.65. The number of amides is 1. The zero-order valence-corrected chi connectivity index (χ0v) is 12.4. The SMILES string of the molecule is O=C(CN1C[C@H]2CNC[C@H]2C1)N1CCCc2ccccc21. The van der Waals surface area contributed by atoms with Crippen LogP contribution in [0.3, 0.4) is 0 Å². The molecule has 0 aromatic heterocycles. The van der Waals surface area contributed by atoms with Gasteiger partial charge in [0.1, 0.15) is 0 Å². The van der Waals surface area contributed by atoms with E-state index < -0.39 is 0 Å². The third-order valence-electron chi connectivity index (χ3n) is 5.24. The molecule has 3 heterocycles. The number of carbonyl (C=O) groups excluding carboxylic acids is 1. The van der Waals surface area contributed by atoms with Gasteiger partial charge in [0, 0.05) is 25.3 Å². The molecule has 21 heavy (non-hydrogen) atoms. The molecule has 0 aliphatic carbocycles. The molecule has 0 spiro atoms. The topological polar surface area (TPSA) is 35.6 Å². The van der Waals surface area contributed by atoms with Gasteiger partial charge in [-0.3, -0.25) is 9.69 Å². The van der Waals surface area contributed by atoms with E-state index in [9.17, 15) is 4.79 Å². The van der Waals surface area contributed by atoms with Crippen molar-refractivity contribution in [2.45, 2.75) is 12.8 Å². The van der Waals surface area contributed by atoms with Gasteiger partial charge in [-0.15, -0.1) is 0 Å². The molecule has 1 amide bonds. The summed E-state index contributed by atoms with van der Waals surface area (Å²) < 4.78 is 0. The largest absolute Gasteiger partial charge is 0.316 e. The molecule has 1 N–H and O–H groups in total. The first-order valence-corrected chi connectivity index (χ1v) is 8.12. The van der Waals surface area contributed by atoms with Crippen LogP contribution < -0.4 is 10.2 Å². The summed E-state index contributed by atoms with van der Waals surface area (Å²) in [5.74, 6) is 1.79. The quantitative estimate of drug-likeness (QED) is 0.884. The van der Waals surface area contributed by atoms with E-state index >= 15 is 0 Å². The van der Waals surface area contributed by atoms with Crippen LogP contribution >= 0.6 is 0 Å². The van der Waals surface area contributed by atoms with Gasteiger partial charge in [-0.25, -0.2) is 0 Å². The summed E-state index contributed by atoms with van der Waals surface area (Å²) in [5.41, 5.74) is 2.45. The normalized spacial score (nSPS) is 28.5. The first-order chi connectivity index (χ1) is 10.3. The summed E-state index contributed by atoms with van der Waals surface area (Å²) >= 11 is 0. The van der Waals surface area contributed by atoms with Crippen molar-refractivity contribution in [3.05, 3.63) is 29.8 Å². The van der Waals surface area contributed by atoms with E-state index in [0.29, 0.717) is 6.54 Å². The van der Waals surface area contributed by atoms with Gasteiger partial charge in [-0.05, 0) is 49.4 Å². The fourth-order valence-electron chi connectivity index (χ4n) is 4.15. The lowest BCUT2D eigenvalue weighted by Crippen LogP contribution is -2.42. The third-order valence-corrected chi connectivity index (χ3v) is 5.24. The van der Waals surface area contributed by atoms with Crippen molar-refractivity contribution < 1.29 is 4.79 Å². The molecule has 1 aromatic rings. The van der Waals surface area contributed by atoms with Gasteiger partial charge in [0.25, 0.3) is 0 Å². The van der Waals surface area contributed by atoms with Gasteiger partial charge >= 0.3 is 0 Å². The number of carbonyl (C=O) groups is 1. The minimum atomic E-state index is 0.273. The monoisotopic (exact) mass is 285 g/mol. The molecule has 2 atom stereocenters. The molecule has 112 valence electrons. The van der Waals surface area contributed by atoms with E-state index in [1.54, 1.807) is 0 Å². The average Bonchev–Trinajstić information content (AvgIpc) is 3.07. The molecule has 2 fully saturated rings. The van der Waals surface area contributed by atoms with Gasteiger partial charge in [0.2, 0.25) is 5.91 Å². The van der Waals surface area contributed by atoms with Gasteiger partial charge in [0.15, 0.2) is 0 Å². The molecule has 0 radical (unpaired) electrons. The number of likely N-dealkylation sites (tertiary alicyclic amines) is 1. The van der Waals surface area contributed by atoms with E-state index in [-0.39, 0.29) is 5.91 Å². The Labute approximate surface area is 126 Å². The maximum Gasteiger partial charge on any atom is 0.241 e. The molecule has 1 aromatic carbocycles. The van der Waals surface area contributed by atoms with Crippen molar-refractivity contribution in [2.24, 2.45) is 11.8 Å². The number of benzene rings is 1. The smallest absolute Gasteiger partial charge is 0.241 e. The summed E-state index contributed by atoms with van der Waals surface area (Å²) in [7, 11) is 0. The number of nitrogens with one attached hydrogen (secondary N) is 1. The van der Waals surface area contributed by atoms with Crippen LogP contribution in [0.1, 0.15) is 12.0 Å². The zero-order chi connectivity index (χ0) is 14.2. The van der Waals surface area contributed by atoms with E-state index in [1.807, 2.05) is 11.0 Å². The highest BCUT2D eigenvalue weighted by Gasteiger charge is 2.37. The van der Waals surface area contributed by atoms with Crippen molar-refractivity contribution in [1.29, 1.82) is 0 Å². The molecule has 0 bridgehead atoms. The Balaban J connectivity index is 1.44. The summed E-state index contributed by atoms with van der Waals surface area (Å²) in [5, 5.41) is 3.45. The maximum atomic E-state index is 12.7. The Hall–Kier alpha value is -1.39. The van der Waals surface area contributed by atoms with Crippen LogP contribution in [0.15, 0.2) is 24.3 Å². The fourth-order valence-corrected chi connectivity index (χ4v) is 4.15. The van der Waals surface area contributed by atoms with Crippen LogP contribution in [0.5, 0.6) is 0 Å². The first kappa shape index (κ1) is 13.3. The van der Waals surface area contributed by atoms with Gasteiger partial charge in [0.05, 0.1) is 6.54 Å². The van der Waals surface area contributed by atoms with Crippen molar-refractivity contribution in [3.8, 4) is 0 Å². The molecule has 4 nitrogen and oxygen atoms in total. The second-order valence-corrected chi connectivity index (χ2v) is 6.65. The number of hydrogen-bond donors (Lipinski definition) is 1. The Morgan fingerprint density at radius 2 is 1.95 bits per heavy atom. The van der Waals surface area contributed by atoms with E-state index in [2.05, 4.69) is 28.4 Å². The van der Waals surface area contributed by atoms with Crippen molar-refractivity contribution in [3.63, 3.8) is 0 Å². The number of hydrogen-bond acceptors (Lipinski definition) is 3. The van der Waals surface area contributed by atoms with Crippen molar-refractivity contribution >= 4 is 11.6 Å². The lowest BCUT2D eigenvalue weighted by molar-refractivity contribution is -0.119. The lowest BCUT2D eigenvalue weighted by atomic mass is 10.0. The fraction of sp³-hybridized carbons (Fsp3) is 0.588. The highest BCUT2D eigenvalue weighted by atomic mass is 16.2. The number of anilines is 1. The van der Waals surface area contributed by atoms with E-state index in [0.717, 1.165) is 63.1 Å². The molecule has 3 aliphatic rings. The van der Waals surface area contributed by atoms with Crippen LogP contribution in [0.25, 0.3) is 0 Å². The number of nitrogens with zero attached hydrogens (tertiary/aromatic N) is 2. The van der Waals surface area contributed by atoms with Crippen molar-refractivity contribution in [1.82, 2.24) is 10.2 Å². The average molecular weight is 285 g/mol. The Bertz CT molecular complexity index is 533. The van der Waals surface area contributed by atoms with Crippen LogP contribution in [0, 0.1) is 11.8 Å². The minimum absolute atomic E-state index is 0.273.